The Labute approximate surface area is 131 Å². The van der Waals surface area contributed by atoms with Crippen molar-refractivity contribution in [1.82, 2.24) is 5.32 Å². The van der Waals surface area contributed by atoms with E-state index in [9.17, 15) is 23.1 Å². The summed E-state index contributed by atoms with van der Waals surface area (Å²) in [6, 6.07) is 0. The first kappa shape index (κ1) is 17.7. The summed E-state index contributed by atoms with van der Waals surface area (Å²) in [6.45, 7) is 3.17. The van der Waals surface area contributed by atoms with Crippen LogP contribution in [0.25, 0.3) is 0 Å². The molecule has 130 valence electrons. The first-order valence-corrected chi connectivity index (χ1v) is 7.45. The lowest BCUT2D eigenvalue weighted by Crippen LogP contribution is -2.55. The van der Waals surface area contributed by atoms with E-state index in [0.29, 0.717) is 6.54 Å². The predicted molar refractivity (Wildman–Crippen MR) is 78.2 cm³/mol. The molecule has 0 saturated carbocycles. The fraction of sp³-hybridized carbons (Fsp3) is 0.714. The number of amides is 1. The van der Waals surface area contributed by atoms with Gasteiger partial charge in [0.25, 0.3) is 5.91 Å². The van der Waals surface area contributed by atoms with Crippen LogP contribution >= 0.6 is 0 Å². The third-order valence-corrected chi connectivity index (χ3v) is 4.61. The highest BCUT2D eigenvalue weighted by Gasteiger charge is 2.60. The number of carbonyl (C=O) groups excluding carboxylic acids is 1. The van der Waals surface area contributed by atoms with Gasteiger partial charge in [0.2, 0.25) is 0 Å². The number of nitrogens with zero attached hydrogens (tertiary/aromatic N) is 1. The van der Waals surface area contributed by atoms with Gasteiger partial charge in [-0.25, -0.2) is 0 Å². The van der Waals surface area contributed by atoms with Gasteiger partial charge in [-0.3, -0.25) is 4.79 Å². The Hall–Kier alpha value is -1.61. The maximum absolute atomic E-state index is 13.4. The lowest BCUT2D eigenvalue weighted by atomic mass is 9.78. The lowest BCUT2D eigenvalue weighted by molar-refractivity contribution is -0.244. The fourth-order valence-electron chi connectivity index (χ4n) is 3.16. The number of nitrogens with two attached hydrogens (primary N) is 2. The van der Waals surface area contributed by atoms with Gasteiger partial charge in [0.15, 0.2) is 5.60 Å². The van der Waals surface area contributed by atoms with Gasteiger partial charge in [-0.05, 0) is 31.8 Å². The highest BCUT2D eigenvalue weighted by molar-refractivity contribution is 6.09. The zero-order valence-electron chi connectivity index (χ0n) is 12.8. The van der Waals surface area contributed by atoms with Crippen LogP contribution in [0.15, 0.2) is 16.3 Å². The SMILES string of the molecule is C[C@H](C(N)=C1C(N)=NC(=O)CC1(O)C(F)(F)F)C1CCCNC1. The summed E-state index contributed by atoms with van der Waals surface area (Å²) in [4.78, 5) is 14.7. The van der Waals surface area contributed by atoms with Crippen LogP contribution in [0.1, 0.15) is 26.2 Å². The normalized spacial score (nSPS) is 33.2. The molecular formula is C14H21F3N4O2. The van der Waals surface area contributed by atoms with Crippen LogP contribution in [0, 0.1) is 11.8 Å². The van der Waals surface area contributed by atoms with E-state index in [1.54, 1.807) is 6.92 Å². The number of alkyl halides is 3. The van der Waals surface area contributed by atoms with Crippen LogP contribution in [0.3, 0.4) is 0 Å². The molecule has 9 heteroatoms. The fourth-order valence-corrected chi connectivity index (χ4v) is 3.16. The van der Waals surface area contributed by atoms with Crippen molar-refractivity contribution in [2.75, 3.05) is 13.1 Å². The molecule has 2 heterocycles. The third-order valence-electron chi connectivity index (χ3n) is 4.61. The Balaban J connectivity index is 2.49. The zero-order chi connectivity index (χ0) is 17.4. The Kier molecular flexibility index (Phi) is 4.72. The molecule has 2 aliphatic heterocycles. The third kappa shape index (κ3) is 3.20. The molecule has 6 nitrogen and oxygen atoms in total. The van der Waals surface area contributed by atoms with Crippen LogP contribution < -0.4 is 16.8 Å². The van der Waals surface area contributed by atoms with Crippen molar-refractivity contribution in [2.24, 2.45) is 28.3 Å². The van der Waals surface area contributed by atoms with Crippen LogP contribution in [0.2, 0.25) is 0 Å². The number of piperidine rings is 1. The lowest BCUT2D eigenvalue weighted by Gasteiger charge is -2.37. The van der Waals surface area contributed by atoms with Crippen molar-refractivity contribution in [3.63, 3.8) is 0 Å². The Morgan fingerprint density at radius 3 is 2.70 bits per heavy atom. The second-order valence-corrected chi connectivity index (χ2v) is 6.15. The van der Waals surface area contributed by atoms with E-state index in [0.717, 1.165) is 19.4 Å². The van der Waals surface area contributed by atoms with Crippen molar-refractivity contribution < 1.29 is 23.1 Å². The second kappa shape index (κ2) is 6.12. The summed E-state index contributed by atoms with van der Waals surface area (Å²) in [5, 5.41) is 13.3. The minimum absolute atomic E-state index is 0.0270. The number of nitrogens with one attached hydrogen (secondary N) is 1. The summed E-state index contributed by atoms with van der Waals surface area (Å²) < 4.78 is 40.1. The van der Waals surface area contributed by atoms with Crippen molar-refractivity contribution in [1.29, 1.82) is 0 Å². The summed E-state index contributed by atoms with van der Waals surface area (Å²) >= 11 is 0. The summed E-state index contributed by atoms with van der Waals surface area (Å²) in [6.07, 6.45) is -4.58. The van der Waals surface area contributed by atoms with Gasteiger partial charge in [-0.2, -0.15) is 18.2 Å². The van der Waals surface area contributed by atoms with Crippen molar-refractivity contribution >= 4 is 11.7 Å². The summed E-state index contributed by atoms with van der Waals surface area (Å²) in [7, 11) is 0. The molecule has 6 N–H and O–H groups in total. The maximum atomic E-state index is 13.4. The van der Waals surface area contributed by atoms with Gasteiger partial charge in [-0.1, -0.05) is 6.92 Å². The number of carbonyl (C=O) groups is 1. The Bertz CT molecular complexity index is 553. The number of aliphatic hydroxyl groups is 1. The number of amidine groups is 1. The molecule has 0 aromatic heterocycles. The van der Waals surface area contributed by atoms with E-state index in [1.165, 1.54) is 0 Å². The quantitative estimate of drug-likeness (QED) is 0.584. The van der Waals surface area contributed by atoms with E-state index in [2.05, 4.69) is 10.3 Å². The predicted octanol–water partition coefficient (Wildman–Crippen LogP) is 0.416. The average molecular weight is 334 g/mol. The van der Waals surface area contributed by atoms with E-state index < -0.39 is 41.4 Å². The topological polar surface area (TPSA) is 114 Å². The van der Waals surface area contributed by atoms with E-state index >= 15 is 0 Å². The molecule has 2 aliphatic rings. The molecule has 2 unspecified atom stereocenters. The number of rotatable bonds is 2. The molecule has 0 aromatic carbocycles. The van der Waals surface area contributed by atoms with Crippen LogP contribution in [-0.4, -0.2) is 41.7 Å². The molecule has 0 bridgehead atoms. The molecule has 23 heavy (non-hydrogen) atoms. The zero-order valence-corrected chi connectivity index (χ0v) is 12.8. The first-order valence-electron chi connectivity index (χ1n) is 7.45. The second-order valence-electron chi connectivity index (χ2n) is 6.15. The number of allylic oxidation sites excluding steroid dienone is 1. The number of halogens is 3. The Morgan fingerprint density at radius 2 is 2.17 bits per heavy atom. The molecule has 0 aliphatic carbocycles. The van der Waals surface area contributed by atoms with E-state index in [1.807, 2.05) is 0 Å². The van der Waals surface area contributed by atoms with E-state index in [4.69, 9.17) is 11.5 Å². The van der Waals surface area contributed by atoms with Gasteiger partial charge < -0.3 is 21.9 Å². The molecule has 1 amide bonds. The number of hydrogen-bond donors (Lipinski definition) is 4. The molecule has 0 aromatic rings. The molecule has 0 radical (unpaired) electrons. The molecular weight excluding hydrogens is 313 g/mol. The number of hydrogen-bond acceptors (Lipinski definition) is 5. The highest BCUT2D eigenvalue weighted by Crippen LogP contribution is 2.43. The smallest absolute Gasteiger partial charge is 0.401 e. The molecule has 2 rings (SSSR count). The van der Waals surface area contributed by atoms with Gasteiger partial charge in [0.05, 0.1) is 12.0 Å². The minimum Gasteiger partial charge on any atom is -0.401 e. The largest absolute Gasteiger partial charge is 0.422 e. The van der Waals surface area contributed by atoms with Crippen LogP contribution in [-0.2, 0) is 4.79 Å². The van der Waals surface area contributed by atoms with Gasteiger partial charge >= 0.3 is 6.18 Å². The van der Waals surface area contributed by atoms with E-state index in [-0.39, 0.29) is 11.6 Å². The summed E-state index contributed by atoms with van der Waals surface area (Å²) in [5.74, 6) is -2.19. The highest BCUT2D eigenvalue weighted by atomic mass is 19.4. The molecule has 1 fully saturated rings. The van der Waals surface area contributed by atoms with Crippen LogP contribution in [0.4, 0.5) is 13.2 Å². The van der Waals surface area contributed by atoms with Gasteiger partial charge in [0.1, 0.15) is 5.84 Å². The minimum atomic E-state index is -5.08. The average Bonchev–Trinajstić information content (AvgIpc) is 2.45. The summed E-state index contributed by atoms with van der Waals surface area (Å²) in [5.41, 5.74) is 7.25. The van der Waals surface area contributed by atoms with Gasteiger partial charge in [0, 0.05) is 11.6 Å². The monoisotopic (exact) mass is 334 g/mol. The molecule has 3 atom stereocenters. The standard InChI is InChI=1S/C14H21F3N4O2/c1-7(8-3-2-4-20-6-8)11(18)10-12(19)21-9(22)5-13(10,23)14(15,16)17/h7-8,20,23H,2-6,18H2,1H3,(H2,19,21,22)/t7-,8?,13?/m0/s1. The maximum Gasteiger partial charge on any atom is 0.422 e. The number of aliphatic imine (C=N–C) groups is 1. The first-order chi connectivity index (χ1) is 10.6. The molecule has 0 spiro atoms. The van der Waals surface area contributed by atoms with Crippen molar-refractivity contribution in [3.8, 4) is 0 Å². The van der Waals surface area contributed by atoms with Crippen molar-refractivity contribution in [2.45, 2.75) is 38.0 Å². The molecule has 1 saturated heterocycles. The van der Waals surface area contributed by atoms with Crippen LogP contribution in [0.5, 0.6) is 0 Å². The Morgan fingerprint density at radius 1 is 1.52 bits per heavy atom. The van der Waals surface area contributed by atoms with Crippen molar-refractivity contribution in [3.05, 3.63) is 11.3 Å². The van der Waals surface area contributed by atoms with Gasteiger partial charge in [-0.15, -0.1) is 0 Å².